The van der Waals surface area contributed by atoms with Crippen LogP contribution in [0.2, 0.25) is 0 Å². The third kappa shape index (κ3) is 4.25. The largest absolute Gasteiger partial charge is 0.494 e. The number of fused-ring (bicyclic) bond motifs is 1. The van der Waals surface area contributed by atoms with Crippen LogP contribution in [0.1, 0.15) is 51.2 Å². The molecule has 1 atom stereocenters. The van der Waals surface area contributed by atoms with Crippen molar-refractivity contribution in [1.29, 1.82) is 0 Å². The summed E-state index contributed by atoms with van der Waals surface area (Å²) in [5, 5.41) is 7.00. The molecular formula is C25H30N4O. The molecule has 4 rings (SSSR count). The van der Waals surface area contributed by atoms with Crippen LogP contribution in [0.25, 0.3) is 11.3 Å². The monoisotopic (exact) mass is 402 g/mol. The van der Waals surface area contributed by atoms with E-state index in [1.165, 1.54) is 16.8 Å². The van der Waals surface area contributed by atoms with Crippen molar-refractivity contribution in [2.24, 2.45) is 0 Å². The molecule has 0 fully saturated rings. The molecule has 0 amide bonds. The van der Waals surface area contributed by atoms with E-state index in [4.69, 9.17) is 9.72 Å². The van der Waals surface area contributed by atoms with Crippen molar-refractivity contribution in [2.75, 3.05) is 17.2 Å². The zero-order valence-corrected chi connectivity index (χ0v) is 18.4. The molecule has 0 unspecified atom stereocenters. The van der Waals surface area contributed by atoms with E-state index >= 15 is 0 Å². The second-order valence-electron chi connectivity index (χ2n) is 8.72. The number of rotatable bonds is 5. The van der Waals surface area contributed by atoms with E-state index in [0.717, 1.165) is 29.1 Å². The molecule has 0 aliphatic carbocycles. The van der Waals surface area contributed by atoms with Crippen molar-refractivity contribution in [3.8, 4) is 17.0 Å². The molecule has 3 aromatic rings. The van der Waals surface area contributed by atoms with Gasteiger partial charge in [-0.15, -0.1) is 0 Å². The molecule has 1 aliphatic rings. The summed E-state index contributed by atoms with van der Waals surface area (Å²) in [6.45, 7) is 11.6. The second kappa shape index (κ2) is 7.98. The number of hydrogen-bond donors (Lipinski definition) is 2. The molecule has 2 N–H and O–H groups in total. The Morgan fingerprint density at radius 1 is 1.17 bits per heavy atom. The highest BCUT2D eigenvalue weighted by molar-refractivity contribution is 5.73. The van der Waals surface area contributed by atoms with Crippen LogP contribution < -0.4 is 15.4 Å². The maximum absolute atomic E-state index is 5.50. The summed E-state index contributed by atoms with van der Waals surface area (Å²) in [7, 11) is 0. The number of aromatic nitrogens is 2. The number of aryl methyl sites for hydroxylation is 1. The number of ether oxygens (including phenoxy) is 1. The van der Waals surface area contributed by atoms with Gasteiger partial charge in [-0.05, 0) is 87.6 Å². The summed E-state index contributed by atoms with van der Waals surface area (Å²) >= 11 is 0. The Balaban J connectivity index is 1.62. The Hall–Kier alpha value is -3.08. The number of nitrogens with one attached hydrogen (secondary N) is 2. The maximum Gasteiger partial charge on any atom is 0.227 e. The van der Waals surface area contributed by atoms with Gasteiger partial charge in [-0.25, -0.2) is 9.97 Å². The summed E-state index contributed by atoms with van der Waals surface area (Å²) in [6, 6.07) is 14.3. The molecule has 1 aromatic heterocycles. The van der Waals surface area contributed by atoms with Gasteiger partial charge in [-0.3, -0.25) is 0 Å². The molecule has 1 aliphatic heterocycles. The van der Waals surface area contributed by atoms with Crippen molar-refractivity contribution in [3.63, 3.8) is 0 Å². The van der Waals surface area contributed by atoms with E-state index in [2.05, 4.69) is 55.4 Å². The fourth-order valence-electron chi connectivity index (χ4n) is 4.31. The van der Waals surface area contributed by atoms with Gasteiger partial charge in [0, 0.05) is 28.7 Å². The van der Waals surface area contributed by atoms with Crippen LogP contribution in [0.3, 0.4) is 0 Å². The summed E-state index contributed by atoms with van der Waals surface area (Å²) < 4.78 is 5.50. The van der Waals surface area contributed by atoms with E-state index in [1.54, 1.807) is 6.20 Å². The Labute approximate surface area is 178 Å². The van der Waals surface area contributed by atoms with Crippen molar-refractivity contribution >= 4 is 17.3 Å². The summed E-state index contributed by atoms with van der Waals surface area (Å²) in [6.07, 6.45) is 2.93. The van der Waals surface area contributed by atoms with Crippen LogP contribution in [0.4, 0.5) is 17.3 Å². The van der Waals surface area contributed by atoms with Crippen molar-refractivity contribution in [3.05, 3.63) is 59.8 Å². The lowest BCUT2D eigenvalue weighted by atomic mass is 9.80. The Kier molecular flexibility index (Phi) is 5.37. The van der Waals surface area contributed by atoms with Crippen molar-refractivity contribution in [2.45, 2.75) is 52.5 Å². The van der Waals surface area contributed by atoms with Crippen molar-refractivity contribution < 1.29 is 4.74 Å². The molecule has 0 saturated heterocycles. The molecule has 156 valence electrons. The number of benzene rings is 2. The minimum Gasteiger partial charge on any atom is -0.494 e. The lowest BCUT2D eigenvalue weighted by Crippen LogP contribution is -2.36. The van der Waals surface area contributed by atoms with Crippen LogP contribution in [0.15, 0.2) is 48.7 Å². The van der Waals surface area contributed by atoms with Gasteiger partial charge >= 0.3 is 0 Å². The van der Waals surface area contributed by atoms with E-state index in [0.29, 0.717) is 18.5 Å². The first-order valence-electron chi connectivity index (χ1n) is 10.6. The molecular weight excluding hydrogens is 372 g/mol. The normalized spacial score (nSPS) is 17.0. The first kappa shape index (κ1) is 20.2. The highest BCUT2D eigenvalue weighted by Crippen LogP contribution is 2.41. The minimum absolute atomic E-state index is 0.0883. The second-order valence-corrected chi connectivity index (χ2v) is 8.72. The van der Waals surface area contributed by atoms with Crippen LogP contribution in [-0.2, 0) is 0 Å². The highest BCUT2D eigenvalue weighted by Gasteiger charge is 2.29. The zero-order valence-electron chi connectivity index (χ0n) is 18.4. The van der Waals surface area contributed by atoms with Crippen LogP contribution in [-0.4, -0.2) is 22.1 Å². The fraction of sp³-hybridized carbons (Fsp3) is 0.360. The average molecular weight is 403 g/mol. The Morgan fingerprint density at radius 3 is 2.67 bits per heavy atom. The first-order chi connectivity index (χ1) is 14.3. The molecule has 2 heterocycles. The number of anilines is 3. The van der Waals surface area contributed by atoms with Gasteiger partial charge in [-0.2, -0.15) is 0 Å². The predicted octanol–water partition coefficient (Wildman–Crippen LogP) is 6.29. The Bertz CT molecular complexity index is 1040. The molecule has 5 nitrogen and oxygen atoms in total. The Morgan fingerprint density at radius 2 is 1.93 bits per heavy atom. The van der Waals surface area contributed by atoms with Crippen LogP contribution in [0, 0.1) is 6.92 Å². The van der Waals surface area contributed by atoms with Gasteiger partial charge < -0.3 is 15.4 Å². The third-order valence-electron chi connectivity index (χ3n) is 5.57. The quantitative estimate of drug-likeness (QED) is 0.525. The number of nitrogens with zero attached hydrogens (tertiary/aromatic N) is 2. The molecule has 0 bridgehead atoms. The minimum atomic E-state index is 0.0883. The zero-order chi connectivity index (χ0) is 21.3. The van der Waals surface area contributed by atoms with Crippen LogP contribution in [0.5, 0.6) is 5.75 Å². The van der Waals surface area contributed by atoms with Gasteiger partial charge in [0.2, 0.25) is 5.95 Å². The first-order valence-corrected chi connectivity index (χ1v) is 10.6. The topological polar surface area (TPSA) is 59.1 Å². The summed E-state index contributed by atoms with van der Waals surface area (Å²) in [5.74, 6) is 1.97. The molecule has 0 spiro atoms. The molecule has 0 saturated carbocycles. The van der Waals surface area contributed by atoms with E-state index in [-0.39, 0.29) is 5.54 Å². The van der Waals surface area contributed by atoms with E-state index < -0.39 is 0 Å². The van der Waals surface area contributed by atoms with Crippen LogP contribution >= 0.6 is 0 Å². The van der Waals surface area contributed by atoms with E-state index in [1.807, 2.05) is 37.3 Å². The van der Waals surface area contributed by atoms with E-state index in [9.17, 15) is 0 Å². The van der Waals surface area contributed by atoms with Gasteiger partial charge in [-0.1, -0.05) is 13.0 Å². The van der Waals surface area contributed by atoms with Gasteiger partial charge in [0.15, 0.2) is 0 Å². The molecule has 5 heteroatoms. The smallest absolute Gasteiger partial charge is 0.227 e. The molecule has 0 radical (unpaired) electrons. The third-order valence-corrected chi connectivity index (χ3v) is 5.57. The highest BCUT2D eigenvalue weighted by atomic mass is 16.5. The standard InChI is InChI=1S/C25H30N4O/c1-6-30-19-9-7-18(8-10-19)27-24-26-12-11-22(28-24)21-14-23-20(13-16(21)2)17(3)15-25(4,5)29-23/h7-14,17,29H,6,15H2,1-5H3,(H,26,27,28)/t17-/m0/s1. The maximum atomic E-state index is 5.50. The fourth-order valence-corrected chi connectivity index (χ4v) is 4.31. The SMILES string of the molecule is CCOc1ccc(Nc2nccc(-c3cc4c(cc3C)[C@@H](C)CC(C)(C)N4)n2)cc1. The van der Waals surface area contributed by atoms with Gasteiger partial charge in [0.05, 0.1) is 12.3 Å². The van der Waals surface area contributed by atoms with Gasteiger partial charge in [0.1, 0.15) is 5.75 Å². The molecule has 2 aromatic carbocycles. The summed E-state index contributed by atoms with van der Waals surface area (Å²) in [5.41, 5.74) is 6.88. The lowest BCUT2D eigenvalue weighted by molar-refractivity contribution is 0.340. The van der Waals surface area contributed by atoms with Crippen molar-refractivity contribution in [1.82, 2.24) is 9.97 Å². The average Bonchev–Trinajstić information content (AvgIpc) is 2.69. The number of hydrogen-bond acceptors (Lipinski definition) is 5. The molecule has 30 heavy (non-hydrogen) atoms. The predicted molar refractivity (Wildman–Crippen MR) is 124 cm³/mol. The van der Waals surface area contributed by atoms with Gasteiger partial charge in [0.25, 0.3) is 0 Å². The summed E-state index contributed by atoms with van der Waals surface area (Å²) in [4.78, 5) is 9.18. The lowest BCUT2D eigenvalue weighted by Gasteiger charge is -2.38.